The number of para-hydroxylation sites is 1. The first-order chi connectivity index (χ1) is 9.44. The van der Waals surface area contributed by atoms with E-state index in [9.17, 15) is 13.2 Å². The fourth-order valence-corrected chi connectivity index (χ4v) is 1.57. The van der Waals surface area contributed by atoms with Crippen LogP contribution >= 0.6 is 0 Å². The molecular formula is C13H15F3N2O3. The first kappa shape index (κ1) is 17.0. The molecule has 0 amide bonds. The fourth-order valence-electron chi connectivity index (χ4n) is 1.57. The van der Waals surface area contributed by atoms with Crippen molar-refractivity contribution in [1.29, 1.82) is 0 Å². The molecule has 0 fully saturated rings. The third kappa shape index (κ3) is 4.19. The van der Waals surface area contributed by atoms with Crippen LogP contribution in [0.2, 0.25) is 0 Å². The van der Waals surface area contributed by atoms with Crippen LogP contribution in [0.15, 0.2) is 22.7 Å². The monoisotopic (exact) mass is 304 g/mol. The molecule has 0 radical (unpaired) electrons. The van der Waals surface area contributed by atoms with Gasteiger partial charge in [0.05, 0.1) is 5.54 Å². The molecular weight excluding hydrogens is 289 g/mol. The summed E-state index contributed by atoms with van der Waals surface area (Å²) in [6.45, 7) is 5.85. The number of nitrogens with two attached hydrogens (primary N) is 1. The van der Waals surface area contributed by atoms with E-state index in [-0.39, 0.29) is 0 Å². The number of carboxylic acids is 1. The quantitative estimate of drug-likeness (QED) is 0.845. The first-order valence-electron chi connectivity index (χ1n) is 5.89. The van der Waals surface area contributed by atoms with Gasteiger partial charge in [0.15, 0.2) is 5.58 Å². The van der Waals surface area contributed by atoms with E-state index in [0.717, 1.165) is 22.2 Å². The van der Waals surface area contributed by atoms with Crippen LogP contribution in [0.1, 0.15) is 25.1 Å². The lowest BCUT2D eigenvalue weighted by molar-refractivity contribution is -0.192. The summed E-state index contributed by atoms with van der Waals surface area (Å²) in [5, 5.41) is 12.2. The van der Waals surface area contributed by atoms with Crippen molar-refractivity contribution in [2.45, 2.75) is 32.5 Å². The van der Waals surface area contributed by atoms with Gasteiger partial charge < -0.3 is 15.4 Å². The second-order valence-corrected chi connectivity index (χ2v) is 5.01. The lowest BCUT2D eigenvalue weighted by Crippen LogP contribution is -2.29. The molecule has 2 rings (SSSR count). The molecule has 1 heterocycles. The number of aliphatic carboxylic acids is 1. The molecule has 0 aliphatic rings. The van der Waals surface area contributed by atoms with Gasteiger partial charge in [-0.1, -0.05) is 17.3 Å². The zero-order chi connectivity index (χ0) is 16.4. The van der Waals surface area contributed by atoms with Gasteiger partial charge in [0, 0.05) is 5.39 Å². The van der Waals surface area contributed by atoms with Gasteiger partial charge in [0.2, 0.25) is 0 Å². The van der Waals surface area contributed by atoms with Gasteiger partial charge in [-0.25, -0.2) is 4.79 Å². The maximum absolute atomic E-state index is 10.6. The third-order valence-corrected chi connectivity index (χ3v) is 2.55. The van der Waals surface area contributed by atoms with Gasteiger partial charge in [-0.05, 0) is 32.4 Å². The molecule has 0 aliphatic carbocycles. The highest BCUT2D eigenvalue weighted by atomic mass is 19.4. The second-order valence-electron chi connectivity index (χ2n) is 5.01. The van der Waals surface area contributed by atoms with E-state index in [1.807, 2.05) is 39.0 Å². The summed E-state index contributed by atoms with van der Waals surface area (Å²) >= 11 is 0. The number of carbonyl (C=O) groups is 1. The molecule has 5 nitrogen and oxygen atoms in total. The van der Waals surface area contributed by atoms with Crippen LogP contribution in [0.25, 0.3) is 11.0 Å². The number of benzene rings is 1. The van der Waals surface area contributed by atoms with Crippen molar-refractivity contribution in [1.82, 2.24) is 5.16 Å². The molecule has 0 atom stereocenters. The number of alkyl halides is 3. The zero-order valence-electron chi connectivity index (χ0n) is 11.7. The zero-order valence-corrected chi connectivity index (χ0v) is 11.7. The number of rotatable bonds is 1. The van der Waals surface area contributed by atoms with Crippen molar-refractivity contribution in [2.75, 3.05) is 0 Å². The molecule has 21 heavy (non-hydrogen) atoms. The highest BCUT2D eigenvalue weighted by Gasteiger charge is 2.38. The van der Waals surface area contributed by atoms with E-state index in [1.165, 1.54) is 0 Å². The Morgan fingerprint density at radius 2 is 1.86 bits per heavy atom. The Morgan fingerprint density at radius 1 is 1.33 bits per heavy atom. The summed E-state index contributed by atoms with van der Waals surface area (Å²) in [4.78, 5) is 8.90. The van der Waals surface area contributed by atoms with E-state index < -0.39 is 17.7 Å². The van der Waals surface area contributed by atoms with E-state index in [2.05, 4.69) is 5.16 Å². The maximum Gasteiger partial charge on any atom is 0.490 e. The van der Waals surface area contributed by atoms with Crippen LogP contribution < -0.4 is 5.73 Å². The molecule has 0 aliphatic heterocycles. The number of nitrogens with zero attached hydrogens (tertiary/aromatic N) is 1. The molecule has 0 saturated heterocycles. The van der Waals surface area contributed by atoms with Gasteiger partial charge in [-0.3, -0.25) is 0 Å². The van der Waals surface area contributed by atoms with Crippen LogP contribution in [-0.2, 0) is 10.3 Å². The molecule has 3 N–H and O–H groups in total. The summed E-state index contributed by atoms with van der Waals surface area (Å²) in [6.07, 6.45) is -5.08. The number of carboxylic acid groups (broad SMARTS) is 1. The summed E-state index contributed by atoms with van der Waals surface area (Å²) in [6, 6.07) is 5.98. The maximum atomic E-state index is 10.6. The molecule has 8 heteroatoms. The van der Waals surface area contributed by atoms with E-state index in [0.29, 0.717) is 0 Å². The van der Waals surface area contributed by atoms with E-state index >= 15 is 0 Å². The predicted octanol–water partition coefficient (Wildman–Crippen LogP) is 2.96. The van der Waals surface area contributed by atoms with Crippen molar-refractivity contribution in [2.24, 2.45) is 5.73 Å². The van der Waals surface area contributed by atoms with Crippen LogP contribution in [0, 0.1) is 6.92 Å². The van der Waals surface area contributed by atoms with Gasteiger partial charge >= 0.3 is 12.1 Å². The Labute approximate surface area is 118 Å². The normalized spacial score (nSPS) is 12.0. The molecule has 0 spiro atoms. The first-order valence-corrected chi connectivity index (χ1v) is 5.89. The Kier molecular flexibility index (Phi) is 4.62. The largest absolute Gasteiger partial charge is 0.490 e. The standard InChI is InChI=1S/C11H14N2O.C2HF3O2/c1-7-5-4-6-8-9(7)14-13-10(8)11(2,3)12;3-2(4,5)1(6)7/h4-6H,12H2,1-3H3;(H,6,7). The molecule has 1 aromatic carbocycles. The number of aryl methyl sites for hydroxylation is 1. The average Bonchev–Trinajstić information content (AvgIpc) is 2.73. The van der Waals surface area contributed by atoms with Crippen LogP contribution in [0.3, 0.4) is 0 Å². The Bertz CT molecular complexity index is 642. The van der Waals surface area contributed by atoms with Gasteiger partial charge in [-0.15, -0.1) is 0 Å². The third-order valence-electron chi connectivity index (χ3n) is 2.55. The Hall–Kier alpha value is -2.09. The highest BCUT2D eigenvalue weighted by Crippen LogP contribution is 2.27. The average molecular weight is 304 g/mol. The van der Waals surface area contributed by atoms with Crippen molar-refractivity contribution in [3.8, 4) is 0 Å². The van der Waals surface area contributed by atoms with Crippen molar-refractivity contribution < 1.29 is 27.6 Å². The fraction of sp³-hybridized carbons (Fsp3) is 0.385. The van der Waals surface area contributed by atoms with Gasteiger partial charge in [0.1, 0.15) is 5.69 Å². The van der Waals surface area contributed by atoms with Gasteiger partial charge in [0.25, 0.3) is 0 Å². The van der Waals surface area contributed by atoms with Crippen molar-refractivity contribution in [3.05, 3.63) is 29.5 Å². The lowest BCUT2D eigenvalue weighted by atomic mass is 9.98. The minimum atomic E-state index is -5.08. The number of aromatic nitrogens is 1. The smallest absolute Gasteiger partial charge is 0.475 e. The summed E-state index contributed by atoms with van der Waals surface area (Å²) < 4.78 is 37.0. The molecule has 0 saturated carbocycles. The van der Waals surface area contributed by atoms with E-state index in [1.54, 1.807) is 0 Å². The van der Waals surface area contributed by atoms with Crippen molar-refractivity contribution >= 4 is 16.9 Å². The van der Waals surface area contributed by atoms with Crippen LogP contribution in [0.4, 0.5) is 13.2 Å². The predicted molar refractivity (Wildman–Crippen MR) is 69.7 cm³/mol. The topological polar surface area (TPSA) is 89.4 Å². The van der Waals surface area contributed by atoms with Crippen LogP contribution in [-0.4, -0.2) is 22.4 Å². The molecule has 1 aromatic heterocycles. The Morgan fingerprint density at radius 3 is 2.29 bits per heavy atom. The highest BCUT2D eigenvalue weighted by molar-refractivity contribution is 5.83. The SMILES string of the molecule is Cc1cccc2c(C(C)(C)N)noc12.O=C(O)C(F)(F)F. The minimum absolute atomic E-state index is 0.459. The minimum Gasteiger partial charge on any atom is -0.475 e. The molecule has 2 aromatic rings. The molecule has 116 valence electrons. The van der Waals surface area contributed by atoms with Crippen LogP contribution in [0.5, 0.6) is 0 Å². The second kappa shape index (κ2) is 5.72. The summed E-state index contributed by atoms with van der Waals surface area (Å²) in [5.41, 5.74) is 8.27. The lowest BCUT2D eigenvalue weighted by Gasteiger charge is -2.14. The molecule has 0 unspecified atom stereocenters. The number of fused-ring (bicyclic) bond motifs is 1. The number of hydrogen-bond donors (Lipinski definition) is 2. The van der Waals surface area contributed by atoms with E-state index in [4.69, 9.17) is 20.2 Å². The molecule has 0 bridgehead atoms. The van der Waals surface area contributed by atoms with Gasteiger partial charge in [-0.2, -0.15) is 13.2 Å². The summed E-state index contributed by atoms with van der Waals surface area (Å²) in [7, 11) is 0. The summed E-state index contributed by atoms with van der Waals surface area (Å²) in [5.74, 6) is -2.76. The number of halogens is 3. The Balaban J connectivity index is 0.000000270. The number of hydrogen-bond acceptors (Lipinski definition) is 4. The van der Waals surface area contributed by atoms with Crippen molar-refractivity contribution in [3.63, 3.8) is 0 Å².